The lowest BCUT2D eigenvalue weighted by Gasteiger charge is -2.37. The van der Waals surface area contributed by atoms with Crippen LogP contribution in [0.4, 0.5) is 0 Å². The minimum atomic E-state index is -3.50. The fourth-order valence-electron chi connectivity index (χ4n) is 3.68. The Morgan fingerprint density at radius 3 is 2.36 bits per heavy atom. The van der Waals surface area contributed by atoms with E-state index in [9.17, 15) is 13.2 Å². The number of hydrogen-bond acceptors (Lipinski definition) is 5. The molecule has 0 spiro atoms. The molecule has 2 fully saturated rings. The topological polar surface area (TPSA) is 83.1 Å². The summed E-state index contributed by atoms with van der Waals surface area (Å²) in [5.74, 6) is -0.155. The smallest absolute Gasteiger partial charge is 0.282 e. The van der Waals surface area contributed by atoms with E-state index in [1.165, 1.54) is 8.61 Å². The van der Waals surface area contributed by atoms with Crippen molar-refractivity contribution in [3.8, 4) is 0 Å². The maximum absolute atomic E-state index is 12.9. The molecule has 4 rings (SSSR count). The Kier molecular flexibility index (Phi) is 5.33. The average Bonchev–Trinajstić information content (AvgIpc) is 2.74. The molecule has 1 aromatic carbocycles. The van der Waals surface area contributed by atoms with Gasteiger partial charge in [-0.3, -0.25) is 4.79 Å². The molecule has 2 aromatic rings. The van der Waals surface area contributed by atoms with Crippen molar-refractivity contribution in [2.45, 2.75) is 6.92 Å². The third kappa shape index (κ3) is 3.62. The van der Waals surface area contributed by atoms with Gasteiger partial charge in [0.15, 0.2) is 0 Å². The van der Waals surface area contributed by atoms with E-state index in [-0.39, 0.29) is 19.0 Å². The third-order valence-electron chi connectivity index (χ3n) is 5.29. The number of fused-ring (bicyclic) bond motifs is 1. The van der Waals surface area contributed by atoms with Gasteiger partial charge in [0.1, 0.15) is 5.69 Å². The highest BCUT2D eigenvalue weighted by Crippen LogP contribution is 2.20. The molecule has 0 radical (unpaired) electrons. The van der Waals surface area contributed by atoms with Gasteiger partial charge in [-0.05, 0) is 24.6 Å². The van der Waals surface area contributed by atoms with Crippen molar-refractivity contribution in [2.24, 2.45) is 0 Å². The summed E-state index contributed by atoms with van der Waals surface area (Å²) in [7, 11) is -3.50. The van der Waals surface area contributed by atoms with Crippen LogP contribution in [-0.4, -0.2) is 85.3 Å². The molecule has 2 aliphatic heterocycles. The molecule has 28 heavy (non-hydrogen) atoms. The standard InChI is InChI=1S/C19H24N4O4S/c1-15-14-18(20-17-5-3-2-4-16(15)17)19(24)21-6-8-22(9-7-21)28(25,26)23-10-12-27-13-11-23/h2-5,14H,6-13H2,1H3. The van der Waals surface area contributed by atoms with Crippen molar-refractivity contribution in [3.05, 3.63) is 41.6 Å². The highest BCUT2D eigenvalue weighted by Gasteiger charge is 2.34. The lowest BCUT2D eigenvalue weighted by Crippen LogP contribution is -2.55. The number of rotatable bonds is 3. The number of hydrogen-bond donors (Lipinski definition) is 0. The van der Waals surface area contributed by atoms with Crippen LogP contribution in [0.15, 0.2) is 30.3 Å². The summed E-state index contributed by atoms with van der Waals surface area (Å²) in [6.45, 7) is 4.86. The SMILES string of the molecule is Cc1cc(C(=O)N2CCN(S(=O)(=O)N3CCOCC3)CC2)nc2ccccc12. The van der Waals surface area contributed by atoms with E-state index < -0.39 is 10.2 Å². The van der Waals surface area contributed by atoms with Gasteiger partial charge in [0.2, 0.25) is 0 Å². The lowest BCUT2D eigenvalue weighted by atomic mass is 10.1. The van der Waals surface area contributed by atoms with Crippen LogP contribution in [0.25, 0.3) is 10.9 Å². The molecular weight excluding hydrogens is 380 g/mol. The first-order chi connectivity index (χ1) is 13.5. The first-order valence-electron chi connectivity index (χ1n) is 9.45. The van der Waals surface area contributed by atoms with Crippen LogP contribution in [0.1, 0.15) is 16.1 Å². The molecule has 3 heterocycles. The normalized spacial score (nSPS) is 19.8. The number of carbonyl (C=O) groups excluding carboxylic acids is 1. The van der Waals surface area contributed by atoms with Crippen LogP contribution in [0, 0.1) is 6.92 Å². The van der Waals surface area contributed by atoms with Gasteiger partial charge in [0, 0.05) is 44.7 Å². The summed E-state index contributed by atoms with van der Waals surface area (Å²) in [6.07, 6.45) is 0. The summed E-state index contributed by atoms with van der Waals surface area (Å²) in [5.41, 5.74) is 2.20. The highest BCUT2D eigenvalue weighted by atomic mass is 32.2. The minimum absolute atomic E-state index is 0.155. The largest absolute Gasteiger partial charge is 0.379 e. The number of pyridine rings is 1. The molecule has 8 nitrogen and oxygen atoms in total. The molecule has 150 valence electrons. The Bertz CT molecular complexity index is 981. The highest BCUT2D eigenvalue weighted by molar-refractivity contribution is 7.86. The summed E-state index contributed by atoms with van der Waals surface area (Å²) in [6, 6.07) is 9.54. The number of ether oxygens (including phenoxy) is 1. The van der Waals surface area contributed by atoms with E-state index in [0.717, 1.165) is 16.5 Å². The Balaban J connectivity index is 1.46. The molecule has 0 bridgehead atoms. The van der Waals surface area contributed by atoms with Crippen LogP contribution < -0.4 is 0 Å². The van der Waals surface area contributed by atoms with Gasteiger partial charge in [-0.1, -0.05) is 18.2 Å². The van der Waals surface area contributed by atoms with Crippen LogP contribution in [-0.2, 0) is 14.9 Å². The van der Waals surface area contributed by atoms with Crippen LogP contribution in [0.2, 0.25) is 0 Å². The predicted molar refractivity (Wildman–Crippen MR) is 105 cm³/mol. The van der Waals surface area contributed by atoms with Crippen molar-refractivity contribution >= 4 is 27.0 Å². The van der Waals surface area contributed by atoms with Gasteiger partial charge in [0.25, 0.3) is 16.1 Å². The maximum atomic E-state index is 12.9. The molecule has 1 amide bonds. The maximum Gasteiger partial charge on any atom is 0.282 e. The molecule has 2 aliphatic rings. The predicted octanol–water partition coefficient (Wildman–Crippen LogP) is 0.878. The first-order valence-corrected chi connectivity index (χ1v) is 10.8. The minimum Gasteiger partial charge on any atom is -0.379 e. The van der Waals surface area contributed by atoms with Gasteiger partial charge in [-0.2, -0.15) is 17.0 Å². The second-order valence-corrected chi connectivity index (χ2v) is 8.98. The van der Waals surface area contributed by atoms with Crippen molar-refractivity contribution in [1.82, 2.24) is 18.5 Å². The number of para-hydroxylation sites is 1. The number of piperazine rings is 1. The van der Waals surface area contributed by atoms with Crippen LogP contribution >= 0.6 is 0 Å². The van der Waals surface area contributed by atoms with E-state index in [2.05, 4.69) is 4.98 Å². The monoisotopic (exact) mass is 404 g/mol. The molecule has 2 saturated heterocycles. The molecule has 0 atom stereocenters. The number of aromatic nitrogens is 1. The van der Waals surface area contributed by atoms with E-state index in [4.69, 9.17) is 4.74 Å². The van der Waals surface area contributed by atoms with Crippen LogP contribution in [0.3, 0.4) is 0 Å². The molecular formula is C19H24N4O4S. The molecule has 0 unspecified atom stereocenters. The molecule has 0 saturated carbocycles. The van der Waals surface area contributed by atoms with E-state index in [1.807, 2.05) is 37.3 Å². The van der Waals surface area contributed by atoms with Gasteiger partial charge in [-0.15, -0.1) is 0 Å². The zero-order valence-corrected chi connectivity index (χ0v) is 16.7. The Hall–Kier alpha value is -2.07. The average molecular weight is 404 g/mol. The summed E-state index contributed by atoms with van der Waals surface area (Å²) in [4.78, 5) is 19.1. The van der Waals surface area contributed by atoms with E-state index in [1.54, 1.807) is 4.90 Å². The van der Waals surface area contributed by atoms with Crippen molar-refractivity contribution in [3.63, 3.8) is 0 Å². The number of benzene rings is 1. The Labute approximate surface area is 164 Å². The van der Waals surface area contributed by atoms with Gasteiger partial charge < -0.3 is 9.64 Å². The summed E-state index contributed by atoms with van der Waals surface area (Å²) in [5, 5.41) is 1.03. The molecule has 0 N–H and O–H groups in total. The van der Waals surface area contributed by atoms with Crippen molar-refractivity contribution < 1.29 is 17.9 Å². The van der Waals surface area contributed by atoms with E-state index >= 15 is 0 Å². The van der Waals surface area contributed by atoms with E-state index in [0.29, 0.717) is 45.1 Å². The molecule has 0 aliphatic carbocycles. The van der Waals surface area contributed by atoms with Crippen molar-refractivity contribution in [2.75, 3.05) is 52.5 Å². The fourth-order valence-corrected chi connectivity index (χ4v) is 5.25. The molecule has 9 heteroatoms. The van der Waals surface area contributed by atoms with Crippen molar-refractivity contribution in [1.29, 1.82) is 0 Å². The van der Waals surface area contributed by atoms with Gasteiger partial charge in [-0.25, -0.2) is 4.98 Å². The Morgan fingerprint density at radius 2 is 1.64 bits per heavy atom. The lowest BCUT2D eigenvalue weighted by molar-refractivity contribution is 0.0633. The number of nitrogens with zero attached hydrogens (tertiary/aromatic N) is 4. The number of carbonyl (C=O) groups is 1. The third-order valence-corrected chi connectivity index (χ3v) is 7.33. The van der Waals surface area contributed by atoms with Gasteiger partial charge >= 0.3 is 0 Å². The second-order valence-electron chi connectivity index (χ2n) is 7.05. The van der Waals surface area contributed by atoms with Crippen LogP contribution in [0.5, 0.6) is 0 Å². The summed E-state index contributed by atoms with van der Waals surface area (Å²) >= 11 is 0. The number of morpholine rings is 1. The first kappa shape index (κ1) is 19.3. The number of aryl methyl sites for hydroxylation is 1. The zero-order chi connectivity index (χ0) is 19.7. The second kappa shape index (κ2) is 7.75. The fraction of sp³-hybridized carbons (Fsp3) is 0.474. The quantitative estimate of drug-likeness (QED) is 0.758. The number of amides is 1. The molecule has 1 aromatic heterocycles. The summed E-state index contributed by atoms with van der Waals surface area (Å²) < 4.78 is 33.7. The zero-order valence-electron chi connectivity index (χ0n) is 15.9. The van der Waals surface area contributed by atoms with Gasteiger partial charge in [0.05, 0.1) is 18.7 Å². The Morgan fingerprint density at radius 1 is 1.00 bits per heavy atom.